The van der Waals surface area contributed by atoms with Gasteiger partial charge in [0.1, 0.15) is 0 Å². The first-order chi connectivity index (χ1) is 7.11. The van der Waals surface area contributed by atoms with Gasteiger partial charge in [-0.05, 0) is 41.8 Å². The van der Waals surface area contributed by atoms with Crippen LogP contribution in [0.5, 0.6) is 0 Å². The van der Waals surface area contributed by atoms with Gasteiger partial charge in [-0.25, -0.2) is 4.79 Å². The van der Waals surface area contributed by atoms with Crippen molar-refractivity contribution in [1.82, 2.24) is 0 Å². The lowest BCUT2D eigenvalue weighted by Crippen LogP contribution is -2.01. The summed E-state index contributed by atoms with van der Waals surface area (Å²) >= 11 is 0. The van der Waals surface area contributed by atoms with Gasteiger partial charge in [0.2, 0.25) is 0 Å². The van der Waals surface area contributed by atoms with Gasteiger partial charge in [-0.3, -0.25) is 0 Å². The van der Waals surface area contributed by atoms with Crippen LogP contribution in [-0.2, 0) is 0 Å². The summed E-state index contributed by atoms with van der Waals surface area (Å²) in [6.07, 6.45) is 0. The van der Waals surface area contributed by atoms with Crippen molar-refractivity contribution in [3.8, 4) is 0 Å². The van der Waals surface area contributed by atoms with Crippen LogP contribution in [0.25, 0.3) is 10.8 Å². The topological polar surface area (TPSA) is 37.3 Å². The largest absolute Gasteiger partial charge is 0.478 e. The summed E-state index contributed by atoms with van der Waals surface area (Å²) < 4.78 is 0. The Kier molecular flexibility index (Phi) is 2.19. The van der Waals surface area contributed by atoms with Crippen molar-refractivity contribution in [3.63, 3.8) is 0 Å². The monoisotopic (exact) mass is 200 g/mol. The molecule has 2 nitrogen and oxygen atoms in total. The maximum absolute atomic E-state index is 11.0. The summed E-state index contributed by atoms with van der Waals surface area (Å²) in [5.74, 6) is -0.860. The number of aromatic carboxylic acids is 1. The molecule has 0 heterocycles. The molecule has 0 aromatic heterocycles. The van der Waals surface area contributed by atoms with E-state index in [9.17, 15) is 4.79 Å². The first-order valence-corrected chi connectivity index (χ1v) is 4.83. The van der Waals surface area contributed by atoms with Crippen molar-refractivity contribution < 1.29 is 9.90 Å². The minimum absolute atomic E-state index is 0.395. The van der Waals surface area contributed by atoms with Gasteiger partial charge in [-0.15, -0.1) is 0 Å². The Bertz CT molecular complexity index is 541. The molecule has 0 unspecified atom stereocenters. The third-order valence-electron chi connectivity index (χ3n) is 2.86. The fourth-order valence-electron chi connectivity index (χ4n) is 1.85. The molecule has 0 spiro atoms. The number of carbonyl (C=O) groups is 1. The third kappa shape index (κ3) is 1.48. The van der Waals surface area contributed by atoms with E-state index in [0.717, 1.165) is 21.9 Å². The van der Waals surface area contributed by atoms with Crippen LogP contribution >= 0.6 is 0 Å². The Hall–Kier alpha value is -1.83. The van der Waals surface area contributed by atoms with Crippen molar-refractivity contribution in [2.75, 3.05) is 0 Å². The Morgan fingerprint density at radius 1 is 1.13 bits per heavy atom. The van der Waals surface area contributed by atoms with E-state index in [2.05, 4.69) is 0 Å². The number of aryl methyl sites for hydroxylation is 1. The Morgan fingerprint density at radius 3 is 2.47 bits per heavy atom. The zero-order valence-electron chi connectivity index (χ0n) is 8.74. The van der Waals surface area contributed by atoms with Crippen molar-refractivity contribution in [3.05, 3.63) is 47.0 Å². The van der Waals surface area contributed by atoms with E-state index >= 15 is 0 Å². The third-order valence-corrected chi connectivity index (χ3v) is 2.86. The molecule has 1 N–H and O–H groups in total. The van der Waals surface area contributed by atoms with E-state index in [1.807, 2.05) is 38.1 Å². The van der Waals surface area contributed by atoms with Gasteiger partial charge >= 0.3 is 5.97 Å². The second kappa shape index (κ2) is 3.39. The summed E-state index contributed by atoms with van der Waals surface area (Å²) in [6, 6.07) is 9.58. The molecule has 15 heavy (non-hydrogen) atoms. The zero-order valence-corrected chi connectivity index (χ0v) is 8.74. The summed E-state index contributed by atoms with van der Waals surface area (Å²) in [5.41, 5.74) is 2.29. The van der Waals surface area contributed by atoms with E-state index in [1.165, 1.54) is 0 Å². The smallest absolute Gasteiger partial charge is 0.335 e. The fourth-order valence-corrected chi connectivity index (χ4v) is 1.85. The number of benzene rings is 2. The quantitative estimate of drug-likeness (QED) is 0.767. The first-order valence-electron chi connectivity index (χ1n) is 4.83. The van der Waals surface area contributed by atoms with Crippen LogP contribution in [0.3, 0.4) is 0 Å². The van der Waals surface area contributed by atoms with E-state index < -0.39 is 5.97 Å². The molecular weight excluding hydrogens is 188 g/mol. The highest BCUT2D eigenvalue weighted by Gasteiger charge is 2.11. The van der Waals surface area contributed by atoms with Crippen LogP contribution < -0.4 is 0 Å². The lowest BCUT2D eigenvalue weighted by molar-refractivity contribution is 0.0696. The summed E-state index contributed by atoms with van der Waals surface area (Å²) in [6.45, 7) is 3.81. The zero-order chi connectivity index (χ0) is 11.0. The van der Waals surface area contributed by atoms with Crippen molar-refractivity contribution >= 4 is 16.7 Å². The molecule has 0 aliphatic carbocycles. The van der Waals surface area contributed by atoms with Crippen LogP contribution in [0, 0.1) is 13.8 Å². The SMILES string of the molecule is Cc1c(C(=O)O)cc2ccccc2c1C. The van der Waals surface area contributed by atoms with Gasteiger partial charge in [-0.2, -0.15) is 0 Å². The number of carboxylic acids is 1. The molecule has 0 amide bonds. The molecule has 76 valence electrons. The molecule has 2 aromatic carbocycles. The van der Waals surface area contributed by atoms with Crippen LogP contribution in [0.4, 0.5) is 0 Å². The summed E-state index contributed by atoms with van der Waals surface area (Å²) in [7, 11) is 0. The minimum atomic E-state index is -0.860. The highest BCUT2D eigenvalue weighted by Crippen LogP contribution is 2.24. The van der Waals surface area contributed by atoms with Gasteiger partial charge < -0.3 is 5.11 Å². The Morgan fingerprint density at radius 2 is 1.80 bits per heavy atom. The van der Waals surface area contributed by atoms with E-state index in [4.69, 9.17) is 5.11 Å². The van der Waals surface area contributed by atoms with E-state index in [0.29, 0.717) is 5.56 Å². The second-order valence-electron chi connectivity index (χ2n) is 3.70. The lowest BCUT2D eigenvalue weighted by Gasteiger charge is -2.09. The number of carboxylic acid groups (broad SMARTS) is 1. The van der Waals surface area contributed by atoms with E-state index in [1.54, 1.807) is 6.07 Å². The molecule has 0 saturated carbocycles. The predicted molar refractivity (Wildman–Crippen MR) is 60.4 cm³/mol. The lowest BCUT2D eigenvalue weighted by atomic mass is 9.96. The molecule has 0 aliphatic rings. The molecule has 0 fully saturated rings. The minimum Gasteiger partial charge on any atom is -0.478 e. The molecule has 2 aromatic rings. The predicted octanol–water partition coefficient (Wildman–Crippen LogP) is 3.15. The molecule has 0 aliphatic heterocycles. The van der Waals surface area contributed by atoms with Crippen molar-refractivity contribution in [2.45, 2.75) is 13.8 Å². The molecule has 2 rings (SSSR count). The summed E-state index contributed by atoms with van der Waals surface area (Å²) in [5, 5.41) is 11.2. The molecule has 0 atom stereocenters. The average Bonchev–Trinajstić information content (AvgIpc) is 2.23. The molecule has 2 heteroatoms. The van der Waals surface area contributed by atoms with Gasteiger partial charge in [0.05, 0.1) is 5.56 Å². The molecular formula is C13H12O2. The van der Waals surface area contributed by atoms with Crippen LogP contribution in [0.15, 0.2) is 30.3 Å². The van der Waals surface area contributed by atoms with Crippen LogP contribution in [0.1, 0.15) is 21.5 Å². The van der Waals surface area contributed by atoms with Gasteiger partial charge in [0.15, 0.2) is 0 Å². The molecule has 0 radical (unpaired) electrons. The normalized spacial score (nSPS) is 10.5. The van der Waals surface area contributed by atoms with Gasteiger partial charge in [-0.1, -0.05) is 24.3 Å². The molecule has 0 bridgehead atoms. The number of hydrogen-bond donors (Lipinski definition) is 1. The Balaban J connectivity index is 2.88. The van der Waals surface area contributed by atoms with Gasteiger partial charge in [0.25, 0.3) is 0 Å². The highest BCUT2D eigenvalue weighted by molar-refractivity contribution is 5.97. The summed E-state index contributed by atoms with van der Waals surface area (Å²) in [4.78, 5) is 11.0. The van der Waals surface area contributed by atoms with E-state index in [-0.39, 0.29) is 0 Å². The fraction of sp³-hybridized carbons (Fsp3) is 0.154. The highest BCUT2D eigenvalue weighted by atomic mass is 16.4. The standard InChI is InChI=1S/C13H12O2/c1-8-9(2)12(13(14)15)7-10-5-3-4-6-11(8)10/h3-7H,1-2H3,(H,14,15). The number of hydrogen-bond acceptors (Lipinski definition) is 1. The maximum atomic E-state index is 11.0. The average molecular weight is 200 g/mol. The number of fused-ring (bicyclic) bond motifs is 1. The van der Waals surface area contributed by atoms with Gasteiger partial charge in [0, 0.05) is 0 Å². The number of rotatable bonds is 1. The first kappa shape index (κ1) is 9.71. The molecule has 0 saturated heterocycles. The van der Waals surface area contributed by atoms with Crippen LogP contribution in [-0.4, -0.2) is 11.1 Å². The Labute approximate surface area is 88.2 Å². The van der Waals surface area contributed by atoms with Crippen molar-refractivity contribution in [1.29, 1.82) is 0 Å². The van der Waals surface area contributed by atoms with Crippen LogP contribution in [0.2, 0.25) is 0 Å². The maximum Gasteiger partial charge on any atom is 0.335 e. The second-order valence-corrected chi connectivity index (χ2v) is 3.70. The van der Waals surface area contributed by atoms with Crippen molar-refractivity contribution in [2.24, 2.45) is 0 Å².